The number of amides is 1. The molecule has 1 aliphatic rings. The summed E-state index contributed by atoms with van der Waals surface area (Å²) in [5.41, 5.74) is 3.46. The van der Waals surface area contributed by atoms with Gasteiger partial charge >= 0.3 is 0 Å². The quantitative estimate of drug-likeness (QED) is 0.527. The van der Waals surface area contributed by atoms with E-state index in [4.69, 9.17) is 4.98 Å². The standard InChI is InChI=1S/C22H21N7O/c1-16(30)27-9-11-28(12-10-27)20-7-8-23-22(26-20)19-13-25-21-14-24-18(15-29(19)21)17-5-3-2-4-6-17/h2-8,13-15H,9-12H2,1H3. The van der Waals surface area contributed by atoms with Crippen molar-refractivity contribution in [2.24, 2.45) is 0 Å². The molecule has 1 fully saturated rings. The Morgan fingerprint density at radius 1 is 0.933 bits per heavy atom. The molecule has 1 aromatic carbocycles. The number of benzene rings is 1. The molecule has 0 aliphatic carbocycles. The molecule has 30 heavy (non-hydrogen) atoms. The molecule has 0 N–H and O–H groups in total. The maximum atomic E-state index is 11.6. The average Bonchev–Trinajstić information content (AvgIpc) is 3.23. The third-order valence-electron chi connectivity index (χ3n) is 5.38. The third-order valence-corrected chi connectivity index (χ3v) is 5.38. The lowest BCUT2D eigenvalue weighted by Crippen LogP contribution is -2.48. The molecule has 0 unspecified atom stereocenters. The summed E-state index contributed by atoms with van der Waals surface area (Å²) in [4.78, 5) is 33.9. The fourth-order valence-electron chi connectivity index (χ4n) is 3.71. The summed E-state index contributed by atoms with van der Waals surface area (Å²) in [7, 11) is 0. The Morgan fingerprint density at radius 3 is 2.50 bits per heavy atom. The molecular formula is C22H21N7O. The van der Waals surface area contributed by atoms with Crippen LogP contribution < -0.4 is 4.90 Å². The first-order chi connectivity index (χ1) is 14.7. The number of rotatable bonds is 3. The summed E-state index contributed by atoms with van der Waals surface area (Å²) in [6, 6.07) is 11.9. The lowest BCUT2D eigenvalue weighted by molar-refractivity contribution is -0.129. The number of hydrogen-bond acceptors (Lipinski definition) is 6. The van der Waals surface area contributed by atoms with Crippen molar-refractivity contribution < 1.29 is 4.79 Å². The minimum Gasteiger partial charge on any atom is -0.353 e. The maximum Gasteiger partial charge on any atom is 0.219 e. The zero-order valence-corrected chi connectivity index (χ0v) is 16.6. The Balaban J connectivity index is 1.47. The lowest BCUT2D eigenvalue weighted by atomic mass is 10.2. The van der Waals surface area contributed by atoms with Crippen LogP contribution in [0.5, 0.6) is 0 Å². The number of fused-ring (bicyclic) bond motifs is 1. The summed E-state index contributed by atoms with van der Waals surface area (Å²) in [5, 5.41) is 0. The van der Waals surface area contributed by atoms with Gasteiger partial charge in [0.05, 0.1) is 18.1 Å². The van der Waals surface area contributed by atoms with Crippen LogP contribution in [0.1, 0.15) is 6.92 Å². The Kier molecular flexibility index (Phi) is 4.59. The molecule has 1 aliphatic heterocycles. The lowest BCUT2D eigenvalue weighted by Gasteiger charge is -2.34. The SMILES string of the molecule is CC(=O)N1CCN(c2ccnc(-c3cnc4cnc(-c5ccccc5)cn34)n2)CC1. The largest absolute Gasteiger partial charge is 0.353 e. The zero-order chi connectivity index (χ0) is 20.5. The topological polar surface area (TPSA) is 79.5 Å². The van der Waals surface area contributed by atoms with E-state index in [0.29, 0.717) is 18.9 Å². The highest BCUT2D eigenvalue weighted by Gasteiger charge is 2.20. The molecule has 4 heterocycles. The summed E-state index contributed by atoms with van der Waals surface area (Å²) >= 11 is 0. The molecule has 0 saturated carbocycles. The fraction of sp³-hybridized carbons (Fsp3) is 0.227. The van der Waals surface area contributed by atoms with Gasteiger partial charge in [-0.3, -0.25) is 14.2 Å². The number of aromatic nitrogens is 5. The molecule has 0 radical (unpaired) electrons. The van der Waals surface area contributed by atoms with Gasteiger partial charge in [-0.05, 0) is 6.07 Å². The third kappa shape index (κ3) is 3.36. The molecular weight excluding hydrogens is 378 g/mol. The van der Waals surface area contributed by atoms with Gasteiger partial charge in [-0.2, -0.15) is 0 Å². The van der Waals surface area contributed by atoms with Crippen molar-refractivity contribution in [2.75, 3.05) is 31.1 Å². The highest BCUT2D eigenvalue weighted by molar-refractivity contribution is 5.73. The molecule has 0 atom stereocenters. The normalized spacial score (nSPS) is 14.3. The minimum absolute atomic E-state index is 0.117. The van der Waals surface area contributed by atoms with E-state index in [0.717, 1.165) is 41.5 Å². The number of nitrogens with zero attached hydrogens (tertiary/aromatic N) is 7. The van der Waals surface area contributed by atoms with E-state index in [1.54, 1.807) is 25.5 Å². The zero-order valence-electron chi connectivity index (χ0n) is 16.6. The van der Waals surface area contributed by atoms with Crippen molar-refractivity contribution >= 4 is 17.4 Å². The van der Waals surface area contributed by atoms with Crippen molar-refractivity contribution in [1.82, 2.24) is 29.2 Å². The Hall–Kier alpha value is -3.81. The molecule has 8 heteroatoms. The summed E-state index contributed by atoms with van der Waals surface area (Å²) < 4.78 is 1.97. The number of carbonyl (C=O) groups excluding carboxylic acids is 1. The van der Waals surface area contributed by atoms with E-state index in [2.05, 4.69) is 19.9 Å². The van der Waals surface area contributed by atoms with Gasteiger partial charge in [0.15, 0.2) is 11.5 Å². The van der Waals surface area contributed by atoms with E-state index in [1.165, 1.54) is 0 Å². The Morgan fingerprint density at radius 2 is 1.73 bits per heavy atom. The van der Waals surface area contributed by atoms with Crippen LogP contribution in [0.15, 0.2) is 61.2 Å². The van der Waals surface area contributed by atoms with Crippen LogP contribution in [0.4, 0.5) is 5.82 Å². The van der Waals surface area contributed by atoms with Crippen LogP contribution in [0.2, 0.25) is 0 Å². The van der Waals surface area contributed by atoms with E-state index < -0.39 is 0 Å². The molecule has 150 valence electrons. The smallest absolute Gasteiger partial charge is 0.219 e. The van der Waals surface area contributed by atoms with Crippen LogP contribution in [0.25, 0.3) is 28.4 Å². The van der Waals surface area contributed by atoms with Crippen LogP contribution in [-0.4, -0.2) is 61.3 Å². The molecule has 3 aromatic heterocycles. The van der Waals surface area contributed by atoms with Gasteiger partial charge < -0.3 is 9.80 Å². The van der Waals surface area contributed by atoms with Gasteiger partial charge in [0.2, 0.25) is 5.91 Å². The van der Waals surface area contributed by atoms with Gasteiger partial charge in [-0.15, -0.1) is 0 Å². The first kappa shape index (κ1) is 18.2. The van der Waals surface area contributed by atoms with E-state index >= 15 is 0 Å². The minimum atomic E-state index is 0.117. The van der Waals surface area contributed by atoms with Gasteiger partial charge in [-0.1, -0.05) is 30.3 Å². The van der Waals surface area contributed by atoms with Crippen molar-refractivity contribution in [2.45, 2.75) is 6.92 Å². The van der Waals surface area contributed by atoms with Crippen LogP contribution in [0, 0.1) is 0 Å². The van der Waals surface area contributed by atoms with Gasteiger partial charge in [0.1, 0.15) is 11.5 Å². The average molecular weight is 399 g/mol. The van der Waals surface area contributed by atoms with E-state index in [1.807, 2.05) is 51.9 Å². The van der Waals surface area contributed by atoms with Crippen LogP contribution >= 0.6 is 0 Å². The summed E-state index contributed by atoms with van der Waals surface area (Å²) in [6.45, 7) is 4.53. The number of anilines is 1. The number of carbonyl (C=O) groups is 1. The van der Waals surface area contributed by atoms with Crippen molar-refractivity contribution in [1.29, 1.82) is 0 Å². The number of hydrogen-bond donors (Lipinski definition) is 0. The second-order valence-electron chi connectivity index (χ2n) is 7.24. The maximum absolute atomic E-state index is 11.6. The van der Waals surface area contributed by atoms with Crippen molar-refractivity contribution in [3.05, 3.63) is 61.2 Å². The van der Waals surface area contributed by atoms with Crippen molar-refractivity contribution in [3.8, 4) is 22.8 Å². The van der Waals surface area contributed by atoms with Gasteiger partial charge in [-0.25, -0.2) is 15.0 Å². The monoisotopic (exact) mass is 399 g/mol. The fourth-order valence-corrected chi connectivity index (χ4v) is 3.71. The summed E-state index contributed by atoms with van der Waals surface area (Å²) in [6.07, 6.45) is 7.28. The highest BCUT2D eigenvalue weighted by atomic mass is 16.2. The molecule has 0 spiro atoms. The second-order valence-corrected chi connectivity index (χ2v) is 7.24. The van der Waals surface area contributed by atoms with E-state index in [-0.39, 0.29) is 5.91 Å². The van der Waals surface area contributed by atoms with Gasteiger partial charge in [0, 0.05) is 51.1 Å². The first-order valence-electron chi connectivity index (χ1n) is 9.91. The number of imidazole rings is 1. The summed E-state index contributed by atoms with van der Waals surface area (Å²) in [5.74, 6) is 1.58. The molecule has 5 rings (SSSR count). The Labute approximate surface area is 173 Å². The molecule has 0 bridgehead atoms. The highest BCUT2D eigenvalue weighted by Crippen LogP contribution is 2.23. The van der Waals surface area contributed by atoms with E-state index in [9.17, 15) is 4.79 Å². The van der Waals surface area contributed by atoms with Crippen LogP contribution in [0.3, 0.4) is 0 Å². The molecule has 1 saturated heterocycles. The van der Waals surface area contributed by atoms with Crippen LogP contribution in [-0.2, 0) is 4.79 Å². The predicted octanol–water partition coefficient (Wildman–Crippen LogP) is 2.52. The number of piperazine rings is 1. The molecule has 1 amide bonds. The molecule has 4 aromatic rings. The predicted molar refractivity (Wildman–Crippen MR) is 114 cm³/mol. The van der Waals surface area contributed by atoms with Crippen molar-refractivity contribution in [3.63, 3.8) is 0 Å². The first-order valence-corrected chi connectivity index (χ1v) is 9.91. The second kappa shape index (κ2) is 7.55. The van der Waals surface area contributed by atoms with Gasteiger partial charge in [0.25, 0.3) is 0 Å². The Bertz CT molecular complexity index is 1200. The molecule has 8 nitrogen and oxygen atoms in total.